The first kappa shape index (κ1) is 23.1. The molecule has 2 amide bonds. The van der Waals surface area contributed by atoms with Crippen LogP contribution in [0.1, 0.15) is 27.6 Å². The Morgan fingerprint density at radius 3 is 2.15 bits per heavy atom. The molecular formula is C24H21N3O6. The van der Waals surface area contributed by atoms with Crippen molar-refractivity contribution in [2.45, 2.75) is 13.0 Å². The molecule has 33 heavy (non-hydrogen) atoms. The Hall–Kier alpha value is -4.53. The highest BCUT2D eigenvalue weighted by Crippen LogP contribution is 2.24. The predicted octanol–water partition coefficient (Wildman–Crippen LogP) is 4.06. The first-order valence-corrected chi connectivity index (χ1v) is 9.97. The van der Waals surface area contributed by atoms with E-state index in [9.17, 15) is 24.5 Å². The van der Waals surface area contributed by atoms with Gasteiger partial charge < -0.3 is 15.0 Å². The van der Waals surface area contributed by atoms with Gasteiger partial charge in [0.2, 0.25) is 0 Å². The van der Waals surface area contributed by atoms with E-state index in [4.69, 9.17) is 4.74 Å². The van der Waals surface area contributed by atoms with Crippen molar-refractivity contribution in [3.8, 4) is 0 Å². The fourth-order valence-corrected chi connectivity index (χ4v) is 3.05. The third-order valence-electron chi connectivity index (χ3n) is 4.84. The molecule has 0 unspecified atom stereocenters. The summed E-state index contributed by atoms with van der Waals surface area (Å²) in [5, 5.41) is 13.5. The van der Waals surface area contributed by atoms with Crippen molar-refractivity contribution in [2.24, 2.45) is 0 Å². The Morgan fingerprint density at radius 2 is 1.48 bits per heavy atom. The zero-order valence-corrected chi connectivity index (χ0v) is 17.9. The molecule has 0 saturated heterocycles. The maximum absolute atomic E-state index is 13.0. The minimum absolute atomic E-state index is 0.00405. The average Bonchev–Trinajstić information content (AvgIpc) is 2.83. The van der Waals surface area contributed by atoms with E-state index in [1.165, 1.54) is 48.2 Å². The predicted molar refractivity (Wildman–Crippen MR) is 122 cm³/mol. The van der Waals surface area contributed by atoms with Crippen LogP contribution in [-0.4, -0.2) is 35.9 Å². The van der Waals surface area contributed by atoms with Gasteiger partial charge in [-0.2, -0.15) is 0 Å². The number of carbonyl (C=O) groups is 3. The van der Waals surface area contributed by atoms with Gasteiger partial charge in [0, 0.05) is 18.8 Å². The van der Waals surface area contributed by atoms with Crippen LogP contribution in [0.4, 0.5) is 17.1 Å². The normalized spacial score (nSPS) is 11.2. The van der Waals surface area contributed by atoms with Gasteiger partial charge in [-0.05, 0) is 37.3 Å². The van der Waals surface area contributed by atoms with Crippen LogP contribution in [0.2, 0.25) is 0 Å². The Kier molecular flexibility index (Phi) is 7.14. The molecule has 168 valence electrons. The van der Waals surface area contributed by atoms with Gasteiger partial charge in [0.25, 0.3) is 17.5 Å². The highest BCUT2D eigenvalue weighted by molar-refractivity contribution is 6.12. The maximum atomic E-state index is 13.0. The van der Waals surface area contributed by atoms with E-state index in [0.29, 0.717) is 5.69 Å². The second kappa shape index (κ2) is 10.2. The molecule has 0 aliphatic carbocycles. The zero-order valence-electron chi connectivity index (χ0n) is 17.9. The molecule has 0 aliphatic rings. The lowest BCUT2D eigenvalue weighted by Gasteiger charge is -2.19. The number of nitro benzene ring substituents is 1. The summed E-state index contributed by atoms with van der Waals surface area (Å²) in [4.78, 5) is 50.2. The van der Waals surface area contributed by atoms with E-state index in [-0.39, 0.29) is 22.5 Å². The molecule has 0 spiro atoms. The number of rotatable bonds is 7. The number of para-hydroxylation sites is 3. The van der Waals surface area contributed by atoms with Crippen LogP contribution in [0.5, 0.6) is 0 Å². The van der Waals surface area contributed by atoms with Crippen LogP contribution in [0.25, 0.3) is 0 Å². The van der Waals surface area contributed by atoms with Gasteiger partial charge in [-0.15, -0.1) is 0 Å². The molecule has 9 nitrogen and oxygen atoms in total. The molecule has 0 fully saturated rings. The van der Waals surface area contributed by atoms with Crippen LogP contribution in [0.3, 0.4) is 0 Å². The molecule has 0 saturated carbocycles. The second-order valence-electron chi connectivity index (χ2n) is 7.06. The molecule has 3 rings (SSSR count). The van der Waals surface area contributed by atoms with E-state index in [1.807, 2.05) is 6.07 Å². The van der Waals surface area contributed by atoms with Crippen molar-refractivity contribution in [2.75, 3.05) is 17.3 Å². The van der Waals surface area contributed by atoms with Crippen molar-refractivity contribution in [1.29, 1.82) is 0 Å². The van der Waals surface area contributed by atoms with Crippen LogP contribution in [-0.2, 0) is 9.53 Å². The molecule has 3 aromatic carbocycles. The van der Waals surface area contributed by atoms with Crippen LogP contribution >= 0.6 is 0 Å². The van der Waals surface area contributed by atoms with Crippen LogP contribution < -0.4 is 10.2 Å². The Balaban J connectivity index is 1.75. The molecular weight excluding hydrogens is 426 g/mol. The summed E-state index contributed by atoms with van der Waals surface area (Å²) in [5.41, 5.74) is 0.443. The number of amides is 2. The fraction of sp³-hybridized carbons (Fsp3) is 0.125. The first-order chi connectivity index (χ1) is 15.8. The Bertz CT molecular complexity index is 1200. The third-order valence-corrected chi connectivity index (χ3v) is 4.84. The molecule has 1 atom stereocenters. The molecule has 0 radical (unpaired) electrons. The van der Waals surface area contributed by atoms with Crippen molar-refractivity contribution in [3.63, 3.8) is 0 Å². The van der Waals surface area contributed by atoms with Gasteiger partial charge >= 0.3 is 5.97 Å². The third kappa shape index (κ3) is 5.40. The molecule has 1 N–H and O–H groups in total. The monoisotopic (exact) mass is 447 g/mol. The van der Waals surface area contributed by atoms with E-state index >= 15 is 0 Å². The molecule has 9 heteroatoms. The van der Waals surface area contributed by atoms with Crippen molar-refractivity contribution in [3.05, 3.63) is 100 Å². The Labute approximate surface area is 189 Å². The minimum Gasteiger partial charge on any atom is -0.449 e. The van der Waals surface area contributed by atoms with E-state index in [1.54, 1.807) is 43.4 Å². The summed E-state index contributed by atoms with van der Waals surface area (Å²) in [6.07, 6.45) is -1.27. The standard InChI is InChI=1S/C24H21N3O6/c1-16(22(28)25-20-14-8-9-15-21(20)27(31)32)33-24(30)19-13-7-6-12-18(19)23(29)26(2)17-10-4-3-5-11-17/h3-16H,1-2H3,(H,25,28)/t16-/m1/s1. The quantitative estimate of drug-likeness (QED) is 0.331. The van der Waals surface area contributed by atoms with E-state index in [0.717, 1.165) is 0 Å². The lowest BCUT2D eigenvalue weighted by molar-refractivity contribution is -0.383. The summed E-state index contributed by atoms with van der Waals surface area (Å²) < 4.78 is 5.26. The van der Waals surface area contributed by atoms with Gasteiger partial charge in [0.15, 0.2) is 6.10 Å². The SMILES string of the molecule is C[C@@H](OC(=O)c1ccccc1C(=O)N(C)c1ccccc1)C(=O)Nc1ccccc1[N+](=O)[O-]. The summed E-state index contributed by atoms with van der Waals surface area (Å²) in [6, 6.07) is 20.7. The number of nitro groups is 1. The number of esters is 1. The number of hydrogen-bond acceptors (Lipinski definition) is 6. The fourth-order valence-electron chi connectivity index (χ4n) is 3.05. The highest BCUT2D eigenvalue weighted by atomic mass is 16.6. The topological polar surface area (TPSA) is 119 Å². The summed E-state index contributed by atoms with van der Waals surface area (Å²) in [5.74, 6) is -2.04. The number of nitrogens with one attached hydrogen (secondary N) is 1. The van der Waals surface area contributed by atoms with Gasteiger partial charge in [-0.1, -0.05) is 42.5 Å². The minimum atomic E-state index is -1.27. The molecule has 3 aromatic rings. The van der Waals surface area contributed by atoms with Crippen LogP contribution in [0.15, 0.2) is 78.9 Å². The van der Waals surface area contributed by atoms with Gasteiger partial charge in [-0.25, -0.2) is 4.79 Å². The Morgan fingerprint density at radius 1 is 0.909 bits per heavy atom. The van der Waals surface area contributed by atoms with Crippen molar-refractivity contribution < 1.29 is 24.0 Å². The average molecular weight is 447 g/mol. The van der Waals surface area contributed by atoms with Crippen molar-refractivity contribution >= 4 is 34.8 Å². The smallest absolute Gasteiger partial charge is 0.339 e. The van der Waals surface area contributed by atoms with Gasteiger partial charge in [0.05, 0.1) is 16.1 Å². The number of benzene rings is 3. The number of ether oxygens (including phenoxy) is 1. The van der Waals surface area contributed by atoms with E-state index in [2.05, 4.69) is 5.32 Å². The number of carbonyl (C=O) groups excluding carboxylic acids is 3. The van der Waals surface area contributed by atoms with E-state index < -0.39 is 28.8 Å². The number of anilines is 2. The van der Waals surface area contributed by atoms with Gasteiger partial charge in [-0.3, -0.25) is 19.7 Å². The first-order valence-electron chi connectivity index (χ1n) is 9.97. The maximum Gasteiger partial charge on any atom is 0.339 e. The summed E-state index contributed by atoms with van der Waals surface area (Å²) >= 11 is 0. The number of nitrogens with zero attached hydrogens (tertiary/aromatic N) is 2. The largest absolute Gasteiger partial charge is 0.449 e. The van der Waals surface area contributed by atoms with Crippen molar-refractivity contribution in [1.82, 2.24) is 0 Å². The lowest BCUT2D eigenvalue weighted by Crippen LogP contribution is -2.32. The number of hydrogen-bond donors (Lipinski definition) is 1. The molecule has 0 aromatic heterocycles. The summed E-state index contributed by atoms with van der Waals surface area (Å²) in [7, 11) is 1.59. The second-order valence-corrected chi connectivity index (χ2v) is 7.06. The van der Waals surface area contributed by atoms with Crippen LogP contribution in [0, 0.1) is 10.1 Å². The summed E-state index contributed by atoms with van der Waals surface area (Å²) in [6.45, 7) is 1.34. The van der Waals surface area contributed by atoms with Gasteiger partial charge in [0.1, 0.15) is 5.69 Å². The molecule has 0 heterocycles. The lowest BCUT2D eigenvalue weighted by atomic mass is 10.1. The zero-order chi connectivity index (χ0) is 24.0. The highest BCUT2D eigenvalue weighted by Gasteiger charge is 2.26. The molecule has 0 aliphatic heterocycles. The molecule has 0 bridgehead atoms.